The van der Waals surface area contributed by atoms with Crippen molar-refractivity contribution in [2.75, 3.05) is 31.6 Å². The van der Waals surface area contributed by atoms with E-state index in [0.717, 1.165) is 45.8 Å². The number of aliphatic imine (C=N–C) groups is 1. The molecular formula is C26H32N6O. The highest BCUT2D eigenvalue weighted by molar-refractivity contribution is 5.95. The van der Waals surface area contributed by atoms with Gasteiger partial charge in [-0.3, -0.25) is 10.6 Å². The summed E-state index contributed by atoms with van der Waals surface area (Å²) in [6.45, 7) is 8.15. The number of benzene rings is 2. The van der Waals surface area contributed by atoms with Crippen LogP contribution in [0.25, 0.3) is 10.9 Å². The van der Waals surface area contributed by atoms with E-state index in [-0.39, 0.29) is 0 Å². The summed E-state index contributed by atoms with van der Waals surface area (Å²) in [5.74, 6) is 0.628. The molecule has 5 N–H and O–H groups in total. The summed E-state index contributed by atoms with van der Waals surface area (Å²) in [5, 5.41) is 8.07. The molecule has 2 aliphatic rings. The zero-order valence-corrected chi connectivity index (χ0v) is 19.3. The van der Waals surface area contributed by atoms with E-state index >= 15 is 0 Å². The van der Waals surface area contributed by atoms with Gasteiger partial charge in [-0.05, 0) is 81.7 Å². The van der Waals surface area contributed by atoms with Crippen LogP contribution < -0.4 is 21.1 Å². The fraction of sp³-hybridized carbons (Fsp3) is 0.346. The lowest BCUT2D eigenvalue weighted by molar-refractivity contribution is 0.237. The quantitative estimate of drug-likeness (QED) is 0.442. The number of hydrogen-bond acceptors (Lipinski definition) is 6. The Morgan fingerprint density at radius 2 is 1.88 bits per heavy atom. The number of anilines is 1. The number of ether oxygens (including phenoxy) is 1. The van der Waals surface area contributed by atoms with E-state index in [4.69, 9.17) is 10.5 Å². The summed E-state index contributed by atoms with van der Waals surface area (Å²) in [5.41, 5.74) is 11.9. The van der Waals surface area contributed by atoms with Crippen LogP contribution in [0.5, 0.6) is 5.75 Å². The number of likely N-dealkylation sites (tertiary alicyclic amines) is 1. The molecule has 1 unspecified atom stereocenters. The molecule has 172 valence electrons. The summed E-state index contributed by atoms with van der Waals surface area (Å²) >= 11 is 0. The summed E-state index contributed by atoms with van der Waals surface area (Å²) in [6.07, 6.45) is 6.38. The maximum Gasteiger partial charge on any atom is 0.210 e. The minimum atomic E-state index is -1.06. The Balaban J connectivity index is 1.28. The van der Waals surface area contributed by atoms with Crippen LogP contribution in [0.2, 0.25) is 0 Å². The van der Waals surface area contributed by atoms with Gasteiger partial charge in [0.2, 0.25) is 5.79 Å². The lowest BCUT2D eigenvalue weighted by atomic mass is 10.1. The topological polar surface area (TPSA) is 90.7 Å². The highest BCUT2D eigenvalue weighted by Crippen LogP contribution is 2.29. The Morgan fingerprint density at radius 3 is 2.67 bits per heavy atom. The van der Waals surface area contributed by atoms with Crippen LogP contribution in [0.3, 0.4) is 0 Å². The molecule has 1 fully saturated rings. The normalized spacial score (nSPS) is 20.9. The van der Waals surface area contributed by atoms with Gasteiger partial charge in [0.15, 0.2) is 0 Å². The van der Waals surface area contributed by atoms with Crippen LogP contribution in [-0.4, -0.2) is 42.3 Å². The number of allylic oxidation sites excluding steroid dienone is 1. The minimum absolute atomic E-state index is 0.698. The number of hydrogen-bond donors (Lipinski definition) is 4. The summed E-state index contributed by atoms with van der Waals surface area (Å²) in [4.78, 5) is 10.4. The van der Waals surface area contributed by atoms with E-state index < -0.39 is 5.79 Å². The minimum Gasteiger partial charge on any atom is -0.492 e. The Morgan fingerprint density at radius 1 is 1.09 bits per heavy atom. The van der Waals surface area contributed by atoms with Gasteiger partial charge in [-0.1, -0.05) is 6.07 Å². The molecule has 0 amide bonds. The van der Waals surface area contributed by atoms with Crippen LogP contribution in [-0.2, 0) is 5.79 Å². The van der Waals surface area contributed by atoms with Crippen LogP contribution in [0.15, 0.2) is 65.0 Å². The molecule has 0 spiro atoms. The van der Waals surface area contributed by atoms with Crippen LogP contribution in [0.4, 0.5) is 5.69 Å². The van der Waals surface area contributed by atoms with Gasteiger partial charge in [-0.25, -0.2) is 4.99 Å². The van der Waals surface area contributed by atoms with Gasteiger partial charge in [-0.15, -0.1) is 0 Å². The van der Waals surface area contributed by atoms with Gasteiger partial charge in [-0.2, -0.15) is 0 Å². The average molecular weight is 445 g/mol. The first-order valence-electron chi connectivity index (χ1n) is 11.6. The Labute approximate surface area is 194 Å². The standard InChI is InChI=1S/C26H32N6O/c1-18-5-10-23(22-11-12-28-24(18)22)30-25-19(2)17-29-26(27,31-25)20-6-8-21(9-7-20)33-16-15-32-13-3-4-14-32/h5-12,17,28,30-31H,3-4,13-16,27H2,1-2H3. The van der Waals surface area contributed by atoms with E-state index in [2.05, 4.69) is 50.6 Å². The molecule has 1 saturated heterocycles. The van der Waals surface area contributed by atoms with Gasteiger partial charge < -0.3 is 20.4 Å². The number of nitrogens with zero attached hydrogens (tertiary/aromatic N) is 2. The Hall–Kier alpha value is -3.29. The monoisotopic (exact) mass is 444 g/mol. The van der Waals surface area contributed by atoms with Crippen molar-refractivity contribution in [2.24, 2.45) is 10.7 Å². The van der Waals surface area contributed by atoms with Gasteiger partial charge in [0, 0.05) is 41.2 Å². The zero-order chi connectivity index (χ0) is 22.8. The number of aromatic amines is 1. The van der Waals surface area contributed by atoms with Crippen molar-refractivity contribution in [1.29, 1.82) is 0 Å². The predicted octanol–water partition coefficient (Wildman–Crippen LogP) is 4.04. The van der Waals surface area contributed by atoms with E-state index in [9.17, 15) is 0 Å². The molecule has 3 aromatic rings. The van der Waals surface area contributed by atoms with Gasteiger partial charge in [0.05, 0.1) is 5.52 Å². The molecule has 0 bridgehead atoms. The lowest BCUT2D eigenvalue weighted by Crippen LogP contribution is -2.51. The summed E-state index contributed by atoms with van der Waals surface area (Å²) in [7, 11) is 0. The van der Waals surface area contributed by atoms with Crippen LogP contribution in [0, 0.1) is 6.92 Å². The lowest BCUT2D eigenvalue weighted by Gasteiger charge is -2.33. The second-order valence-electron chi connectivity index (χ2n) is 8.95. The fourth-order valence-corrected chi connectivity index (χ4v) is 4.51. The fourth-order valence-electron chi connectivity index (χ4n) is 4.51. The molecule has 7 nitrogen and oxygen atoms in total. The van der Waals surface area contributed by atoms with Crippen molar-refractivity contribution in [3.8, 4) is 5.75 Å². The third kappa shape index (κ3) is 4.47. The SMILES string of the molecule is CC1=C(Nc2ccc(C)c3[nH]ccc23)NC(N)(c2ccc(OCCN3CCCC3)cc2)N=C1. The molecule has 0 aliphatic carbocycles. The molecule has 2 aromatic carbocycles. The molecule has 2 aliphatic heterocycles. The van der Waals surface area contributed by atoms with Crippen molar-refractivity contribution < 1.29 is 4.74 Å². The maximum absolute atomic E-state index is 6.70. The number of aromatic nitrogens is 1. The van der Waals surface area contributed by atoms with Crippen molar-refractivity contribution >= 4 is 22.8 Å². The van der Waals surface area contributed by atoms with Crippen molar-refractivity contribution in [3.63, 3.8) is 0 Å². The van der Waals surface area contributed by atoms with Crippen LogP contribution >= 0.6 is 0 Å². The smallest absolute Gasteiger partial charge is 0.210 e. The third-order valence-corrected chi connectivity index (χ3v) is 6.53. The predicted molar refractivity (Wildman–Crippen MR) is 134 cm³/mol. The Bertz CT molecular complexity index is 1190. The van der Waals surface area contributed by atoms with Gasteiger partial charge in [0.1, 0.15) is 18.2 Å². The molecule has 0 saturated carbocycles. The molecule has 33 heavy (non-hydrogen) atoms. The van der Waals surface area contributed by atoms with E-state index in [1.165, 1.54) is 31.5 Å². The van der Waals surface area contributed by atoms with Crippen LogP contribution in [0.1, 0.15) is 30.9 Å². The molecule has 5 rings (SSSR count). The molecule has 0 radical (unpaired) electrons. The molecule has 7 heteroatoms. The first kappa shape index (κ1) is 21.6. The number of fused-ring (bicyclic) bond motifs is 1. The second-order valence-corrected chi connectivity index (χ2v) is 8.95. The average Bonchev–Trinajstić information content (AvgIpc) is 3.52. The highest BCUT2D eigenvalue weighted by Gasteiger charge is 2.30. The van der Waals surface area contributed by atoms with Crippen molar-refractivity contribution in [3.05, 3.63) is 71.2 Å². The first-order chi connectivity index (χ1) is 16.0. The third-order valence-electron chi connectivity index (χ3n) is 6.53. The molecule has 3 heterocycles. The largest absolute Gasteiger partial charge is 0.492 e. The van der Waals surface area contributed by atoms with E-state index in [1.54, 1.807) is 0 Å². The summed E-state index contributed by atoms with van der Waals surface area (Å²) < 4.78 is 5.94. The van der Waals surface area contributed by atoms with Crippen molar-refractivity contribution in [1.82, 2.24) is 15.2 Å². The first-order valence-corrected chi connectivity index (χ1v) is 11.6. The molecule has 1 atom stereocenters. The van der Waals surface area contributed by atoms with Gasteiger partial charge in [0.25, 0.3) is 0 Å². The van der Waals surface area contributed by atoms with Gasteiger partial charge >= 0.3 is 0 Å². The van der Waals surface area contributed by atoms with Crippen molar-refractivity contribution in [2.45, 2.75) is 32.5 Å². The maximum atomic E-state index is 6.70. The summed E-state index contributed by atoms with van der Waals surface area (Å²) in [6, 6.07) is 14.2. The number of H-pyrrole nitrogens is 1. The number of aryl methyl sites for hydroxylation is 1. The number of nitrogens with one attached hydrogen (secondary N) is 3. The highest BCUT2D eigenvalue weighted by atomic mass is 16.5. The second kappa shape index (κ2) is 8.92. The molecule has 1 aromatic heterocycles. The number of rotatable bonds is 7. The Kier molecular flexibility index (Phi) is 5.83. The van der Waals surface area contributed by atoms with E-state index in [0.29, 0.717) is 6.61 Å². The van der Waals surface area contributed by atoms with E-state index in [1.807, 2.05) is 43.6 Å². The molecular weight excluding hydrogens is 412 g/mol. The zero-order valence-electron chi connectivity index (χ0n) is 19.3. The number of nitrogens with two attached hydrogens (primary N) is 1.